The fourth-order valence-corrected chi connectivity index (χ4v) is 2.01. The Morgan fingerprint density at radius 3 is 2.79 bits per heavy atom. The molecule has 19 heavy (non-hydrogen) atoms. The van der Waals surface area contributed by atoms with Gasteiger partial charge in [-0.15, -0.1) is 0 Å². The van der Waals surface area contributed by atoms with Crippen molar-refractivity contribution in [3.63, 3.8) is 0 Å². The molecule has 0 aliphatic carbocycles. The van der Waals surface area contributed by atoms with Gasteiger partial charge in [-0.25, -0.2) is 0 Å². The van der Waals surface area contributed by atoms with Gasteiger partial charge in [0.25, 0.3) is 0 Å². The largest absolute Gasteiger partial charge is 0.398 e. The summed E-state index contributed by atoms with van der Waals surface area (Å²) < 4.78 is 0. The minimum absolute atomic E-state index is 0.389. The van der Waals surface area contributed by atoms with E-state index in [1.54, 1.807) is 18.5 Å². The number of anilines is 1. The number of aromatic nitrogens is 2. The SMILES string of the molecule is N#Cc1c(N)ccnc1-c1cnc2ccccc2c1. The third-order valence-corrected chi connectivity index (χ3v) is 2.96. The smallest absolute Gasteiger partial charge is 0.104 e. The van der Waals surface area contributed by atoms with E-state index >= 15 is 0 Å². The monoisotopic (exact) mass is 246 g/mol. The third kappa shape index (κ3) is 1.87. The first-order valence-electron chi connectivity index (χ1n) is 5.79. The Morgan fingerprint density at radius 1 is 1.11 bits per heavy atom. The fraction of sp³-hybridized carbons (Fsp3) is 0. The second-order valence-corrected chi connectivity index (χ2v) is 4.15. The average Bonchev–Trinajstić information content (AvgIpc) is 2.46. The molecule has 2 aromatic heterocycles. The second-order valence-electron chi connectivity index (χ2n) is 4.15. The molecule has 0 radical (unpaired) electrons. The van der Waals surface area contributed by atoms with Crippen molar-refractivity contribution in [3.05, 3.63) is 54.4 Å². The summed E-state index contributed by atoms with van der Waals surface area (Å²) in [4.78, 5) is 8.62. The molecule has 0 amide bonds. The van der Waals surface area contributed by atoms with Gasteiger partial charge in [0.05, 0.1) is 16.9 Å². The highest BCUT2D eigenvalue weighted by atomic mass is 14.7. The van der Waals surface area contributed by atoms with Gasteiger partial charge in [-0.05, 0) is 18.2 Å². The van der Waals surface area contributed by atoms with Crippen molar-refractivity contribution in [2.45, 2.75) is 0 Å². The molecule has 4 nitrogen and oxygen atoms in total. The topological polar surface area (TPSA) is 75.6 Å². The van der Waals surface area contributed by atoms with Gasteiger partial charge in [-0.2, -0.15) is 5.26 Å². The van der Waals surface area contributed by atoms with E-state index in [2.05, 4.69) is 16.0 Å². The van der Waals surface area contributed by atoms with Crippen LogP contribution in [0.1, 0.15) is 5.56 Å². The molecule has 0 aliphatic rings. The molecule has 1 aromatic carbocycles. The number of nitrogens with two attached hydrogens (primary N) is 1. The molecular weight excluding hydrogens is 236 g/mol. The van der Waals surface area contributed by atoms with Crippen LogP contribution in [0.5, 0.6) is 0 Å². The fourth-order valence-electron chi connectivity index (χ4n) is 2.01. The van der Waals surface area contributed by atoms with E-state index in [-0.39, 0.29) is 0 Å². The quantitative estimate of drug-likeness (QED) is 0.716. The van der Waals surface area contributed by atoms with Gasteiger partial charge < -0.3 is 5.73 Å². The Labute approximate surface area is 110 Å². The summed E-state index contributed by atoms with van der Waals surface area (Å²) in [5.74, 6) is 0. The Balaban J connectivity index is 2.25. The van der Waals surface area contributed by atoms with Crippen molar-refractivity contribution in [1.82, 2.24) is 9.97 Å². The molecule has 0 saturated heterocycles. The lowest BCUT2D eigenvalue weighted by Crippen LogP contribution is -1.96. The number of benzene rings is 1. The number of nitriles is 1. The standard InChI is InChI=1S/C15H10N4/c16-8-12-13(17)5-6-18-15(12)11-7-10-3-1-2-4-14(10)19-9-11/h1-7,9H,(H2,17,18). The average molecular weight is 246 g/mol. The van der Waals surface area contributed by atoms with Crippen molar-refractivity contribution < 1.29 is 0 Å². The van der Waals surface area contributed by atoms with Gasteiger partial charge in [-0.3, -0.25) is 9.97 Å². The molecular formula is C15H10N4. The maximum absolute atomic E-state index is 9.18. The van der Waals surface area contributed by atoms with Gasteiger partial charge in [0.2, 0.25) is 0 Å². The van der Waals surface area contributed by atoms with Crippen LogP contribution in [-0.2, 0) is 0 Å². The third-order valence-electron chi connectivity index (χ3n) is 2.96. The molecule has 3 aromatic rings. The first kappa shape index (κ1) is 11.2. The minimum Gasteiger partial charge on any atom is -0.398 e. The number of pyridine rings is 2. The number of hydrogen-bond donors (Lipinski definition) is 1. The van der Waals surface area contributed by atoms with Gasteiger partial charge in [0.1, 0.15) is 11.6 Å². The summed E-state index contributed by atoms with van der Waals surface area (Å²) in [6, 6.07) is 13.5. The molecule has 2 heterocycles. The summed E-state index contributed by atoms with van der Waals surface area (Å²) in [5.41, 5.74) is 8.89. The highest BCUT2D eigenvalue weighted by Gasteiger charge is 2.10. The normalized spacial score (nSPS) is 10.3. The van der Waals surface area contributed by atoms with Crippen LogP contribution in [0, 0.1) is 11.3 Å². The minimum atomic E-state index is 0.389. The van der Waals surface area contributed by atoms with E-state index in [9.17, 15) is 5.26 Å². The molecule has 0 aliphatic heterocycles. The van der Waals surface area contributed by atoms with E-state index in [1.807, 2.05) is 30.3 Å². The predicted octanol–water partition coefficient (Wildman–Crippen LogP) is 2.75. The van der Waals surface area contributed by atoms with Crippen molar-refractivity contribution in [2.75, 3.05) is 5.73 Å². The van der Waals surface area contributed by atoms with Crippen LogP contribution in [0.3, 0.4) is 0 Å². The zero-order valence-electron chi connectivity index (χ0n) is 10.0. The molecule has 0 atom stereocenters. The Hall–Kier alpha value is -2.93. The van der Waals surface area contributed by atoms with Crippen LogP contribution in [0.2, 0.25) is 0 Å². The lowest BCUT2D eigenvalue weighted by Gasteiger charge is -2.06. The van der Waals surface area contributed by atoms with E-state index in [1.165, 1.54) is 0 Å². The number of nitrogen functional groups attached to an aromatic ring is 1. The molecule has 3 rings (SSSR count). The summed E-state index contributed by atoms with van der Waals surface area (Å²) in [7, 11) is 0. The zero-order chi connectivity index (χ0) is 13.2. The molecule has 0 saturated carbocycles. The molecule has 0 unspecified atom stereocenters. The summed E-state index contributed by atoms with van der Waals surface area (Å²) in [6.07, 6.45) is 3.31. The number of hydrogen-bond acceptors (Lipinski definition) is 4. The summed E-state index contributed by atoms with van der Waals surface area (Å²) in [6.45, 7) is 0. The highest BCUT2D eigenvalue weighted by Crippen LogP contribution is 2.26. The lowest BCUT2D eigenvalue weighted by atomic mass is 10.1. The van der Waals surface area contributed by atoms with Crippen LogP contribution >= 0.6 is 0 Å². The zero-order valence-corrected chi connectivity index (χ0v) is 10.0. The Morgan fingerprint density at radius 2 is 1.95 bits per heavy atom. The lowest BCUT2D eigenvalue weighted by molar-refractivity contribution is 1.29. The Bertz CT molecular complexity index is 803. The molecule has 0 bridgehead atoms. The number of para-hydroxylation sites is 1. The number of rotatable bonds is 1. The van der Waals surface area contributed by atoms with Crippen LogP contribution < -0.4 is 5.73 Å². The van der Waals surface area contributed by atoms with Gasteiger partial charge in [0.15, 0.2) is 0 Å². The summed E-state index contributed by atoms with van der Waals surface area (Å²) >= 11 is 0. The number of nitrogens with zero attached hydrogens (tertiary/aromatic N) is 3. The van der Waals surface area contributed by atoms with Gasteiger partial charge in [0, 0.05) is 23.3 Å². The predicted molar refractivity (Wildman–Crippen MR) is 74.1 cm³/mol. The molecule has 2 N–H and O–H groups in total. The Kier molecular flexibility index (Phi) is 2.58. The van der Waals surface area contributed by atoms with Crippen LogP contribution in [-0.4, -0.2) is 9.97 Å². The molecule has 90 valence electrons. The van der Waals surface area contributed by atoms with Crippen molar-refractivity contribution >= 4 is 16.6 Å². The maximum Gasteiger partial charge on any atom is 0.104 e. The molecule has 0 fully saturated rings. The first-order chi connectivity index (χ1) is 9.29. The molecule has 0 spiro atoms. The van der Waals surface area contributed by atoms with E-state index < -0.39 is 0 Å². The first-order valence-corrected chi connectivity index (χ1v) is 5.79. The van der Waals surface area contributed by atoms with E-state index in [0.717, 1.165) is 16.5 Å². The molecule has 4 heteroatoms. The van der Waals surface area contributed by atoms with Gasteiger partial charge >= 0.3 is 0 Å². The van der Waals surface area contributed by atoms with E-state index in [0.29, 0.717) is 16.9 Å². The second kappa shape index (κ2) is 4.39. The van der Waals surface area contributed by atoms with E-state index in [4.69, 9.17) is 5.73 Å². The number of fused-ring (bicyclic) bond motifs is 1. The van der Waals surface area contributed by atoms with Crippen LogP contribution in [0.15, 0.2) is 48.8 Å². The highest BCUT2D eigenvalue weighted by molar-refractivity contribution is 5.84. The van der Waals surface area contributed by atoms with Crippen molar-refractivity contribution in [1.29, 1.82) is 5.26 Å². The van der Waals surface area contributed by atoms with Crippen molar-refractivity contribution in [2.24, 2.45) is 0 Å². The van der Waals surface area contributed by atoms with Crippen LogP contribution in [0.25, 0.3) is 22.2 Å². The van der Waals surface area contributed by atoms with Crippen LogP contribution in [0.4, 0.5) is 5.69 Å². The van der Waals surface area contributed by atoms with Crippen molar-refractivity contribution in [3.8, 4) is 17.3 Å². The van der Waals surface area contributed by atoms with Gasteiger partial charge in [-0.1, -0.05) is 18.2 Å². The summed E-state index contributed by atoms with van der Waals surface area (Å²) in [5, 5.41) is 10.2. The maximum atomic E-state index is 9.18.